The van der Waals surface area contributed by atoms with Gasteiger partial charge in [-0.1, -0.05) is 24.6 Å². The summed E-state index contributed by atoms with van der Waals surface area (Å²) < 4.78 is 5.26. The van der Waals surface area contributed by atoms with Crippen molar-refractivity contribution in [2.75, 3.05) is 13.7 Å². The van der Waals surface area contributed by atoms with Crippen molar-refractivity contribution in [3.8, 4) is 0 Å². The maximum absolute atomic E-state index is 12.2. The van der Waals surface area contributed by atoms with E-state index in [0.717, 1.165) is 16.2 Å². The van der Waals surface area contributed by atoms with Crippen molar-refractivity contribution >= 4 is 38.7 Å². The van der Waals surface area contributed by atoms with Gasteiger partial charge in [0.1, 0.15) is 6.61 Å². The third-order valence-corrected chi connectivity index (χ3v) is 7.10. The maximum atomic E-state index is 12.2. The predicted molar refractivity (Wildman–Crippen MR) is 105 cm³/mol. The van der Waals surface area contributed by atoms with E-state index in [0.29, 0.717) is 12.5 Å². The smallest absolute Gasteiger partial charge is 0.409 e. The molecule has 0 saturated carbocycles. The van der Waals surface area contributed by atoms with E-state index in [9.17, 15) is 4.79 Å². The number of carbonyl (C=O) groups excluding carboxylic acids is 1. The number of nitrogens with zero attached hydrogens (tertiary/aromatic N) is 3. The van der Waals surface area contributed by atoms with Crippen LogP contribution in [0, 0.1) is 5.92 Å². The minimum Gasteiger partial charge on any atom is -0.448 e. The summed E-state index contributed by atoms with van der Waals surface area (Å²) >= 11 is 0. The van der Waals surface area contributed by atoms with Gasteiger partial charge in [0.25, 0.3) is 0 Å². The van der Waals surface area contributed by atoms with Gasteiger partial charge in [0, 0.05) is 19.3 Å². The van der Waals surface area contributed by atoms with Gasteiger partial charge in [0.15, 0.2) is 5.16 Å². The number of nitrogens with one attached hydrogen (secondary N) is 1. The van der Waals surface area contributed by atoms with E-state index >= 15 is 0 Å². The van der Waals surface area contributed by atoms with Crippen LogP contribution in [0.1, 0.15) is 34.6 Å². The largest absolute Gasteiger partial charge is 0.448 e. The Morgan fingerprint density at radius 2 is 2.12 bits per heavy atom. The van der Waals surface area contributed by atoms with Gasteiger partial charge < -0.3 is 14.6 Å². The molecule has 1 amide bonds. The fraction of sp³-hybridized carbons (Fsp3) is 0.588. The highest BCUT2D eigenvalue weighted by molar-refractivity contribution is 8.77. The number of H-pyrrole nitrogens is 1. The van der Waals surface area contributed by atoms with Gasteiger partial charge in [-0.2, -0.15) is 0 Å². The molecule has 0 radical (unpaired) electrons. The number of hydrogen-bond acceptors (Lipinski definition) is 6. The summed E-state index contributed by atoms with van der Waals surface area (Å²) in [7, 11) is 4.95. The molecule has 0 aromatic carbocycles. The molecule has 1 atom stereocenters. The second kappa shape index (κ2) is 8.31. The van der Waals surface area contributed by atoms with Crippen LogP contribution in [0.2, 0.25) is 0 Å². The first-order valence-electron chi connectivity index (χ1n) is 8.24. The first-order valence-corrected chi connectivity index (χ1v) is 10.4. The summed E-state index contributed by atoms with van der Waals surface area (Å²) in [5.74, 6) is 0.387. The molecule has 2 rings (SSSR count). The van der Waals surface area contributed by atoms with Crippen LogP contribution >= 0.6 is 21.6 Å². The first kappa shape index (κ1) is 19.9. The Morgan fingerprint density at radius 3 is 2.76 bits per heavy atom. The third-order valence-electron chi connectivity index (χ3n) is 4.01. The topological polar surface area (TPSA) is 71.1 Å². The van der Waals surface area contributed by atoms with Crippen molar-refractivity contribution < 1.29 is 9.53 Å². The van der Waals surface area contributed by atoms with Crippen molar-refractivity contribution in [3.05, 3.63) is 18.5 Å². The number of hydrogen-bond donors (Lipinski definition) is 1. The van der Waals surface area contributed by atoms with Crippen LogP contribution in [0.25, 0.3) is 11.0 Å². The third kappa shape index (κ3) is 5.54. The number of imidazole rings is 1. The summed E-state index contributed by atoms with van der Waals surface area (Å²) in [4.78, 5) is 25.7. The number of pyridine rings is 1. The fourth-order valence-electron chi connectivity index (χ4n) is 2.00. The maximum Gasteiger partial charge on any atom is 0.409 e. The van der Waals surface area contributed by atoms with Gasteiger partial charge in [-0.25, -0.2) is 9.78 Å². The van der Waals surface area contributed by atoms with Crippen LogP contribution in [0.4, 0.5) is 4.79 Å². The molecule has 0 fully saturated rings. The second-order valence-electron chi connectivity index (χ2n) is 7.01. The molecule has 2 aromatic heterocycles. The van der Waals surface area contributed by atoms with Crippen molar-refractivity contribution in [2.45, 2.75) is 50.6 Å². The van der Waals surface area contributed by atoms with Crippen LogP contribution in [-0.4, -0.2) is 50.4 Å². The number of aromatic nitrogens is 3. The molecule has 2 aromatic rings. The zero-order chi connectivity index (χ0) is 18.6. The molecule has 0 aliphatic carbocycles. The number of carbonyl (C=O) groups is 1. The number of rotatable bonds is 7. The Bertz CT molecular complexity index is 684. The van der Waals surface area contributed by atoms with Gasteiger partial charge in [-0.3, -0.25) is 4.98 Å². The lowest BCUT2D eigenvalue weighted by Crippen LogP contribution is -2.40. The van der Waals surface area contributed by atoms with Gasteiger partial charge >= 0.3 is 6.09 Å². The molecule has 0 bridgehead atoms. The molecular formula is C17H26N4O2S2. The zero-order valence-electron chi connectivity index (χ0n) is 15.6. The summed E-state index contributed by atoms with van der Waals surface area (Å²) in [5, 5.41) is 0.818. The standard InChI is InChI=1S/C17H26N4O2S2/c1-11(2)12(3)21(6)16(22)23-10-17(4,5)25-24-15-19-13-7-8-18-9-14(13)20-15/h7-9,11-12H,10H2,1-6H3,(H,19,20). The Hall–Kier alpha value is -1.41. The van der Waals surface area contributed by atoms with E-state index in [1.54, 1.807) is 45.9 Å². The molecule has 2 heterocycles. The number of fused-ring (bicyclic) bond motifs is 1. The molecule has 0 spiro atoms. The van der Waals surface area contributed by atoms with Gasteiger partial charge in [0.2, 0.25) is 0 Å². The molecule has 1 unspecified atom stereocenters. The van der Waals surface area contributed by atoms with Crippen molar-refractivity contribution in [3.63, 3.8) is 0 Å². The highest BCUT2D eigenvalue weighted by atomic mass is 33.1. The quantitative estimate of drug-likeness (QED) is 0.706. The number of amides is 1. The lowest BCUT2D eigenvalue weighted by Gasteiger charge is -2.29. The van der Waals surface area contributed by atoms with Crippen LogP contribution in [-0.2, 0) is 4.74 Å². The molecule has 6 nitrogen and oxygen atoms in total. The number of aromatic amines is 1. The van der Waals surface area contributed by atoms with E-state index in [4.69, 9.17) is 4.74 Å². The highest BCUT2D eigenvalue weighted by Gasteiger charge is 2.26. The average molecular weight is 383 g/mol. The van der Waals surface area contributed by atoms with E-state index in [1.807, 2.05) is 26.8 Å². The number of ether oxygens (including phenoxy) is 1. The molecule has 0 saturated heterocycles. The van der Waals surface area contributed by atoms with Crippen LogP contribution in [0.5, 0.6) is 0 Å². The van der Waals surface area contributed by atoms with Crippen LogP contribution in [0.3, 0.4) is 0 Å². The summed E-state index contributed by atoms with van der Waals surface area (Å²) in [6, 6.07) is 2.01. The molecular weight excluding hydrogens is 356 g/mol. The van der Waals surface area contributed by atoms with Crippen LogP contribution < -0.4 is 0 Å². The monoisotopic (exact) mass is 382 g/mol. The minimum absolute atomic E-state index is 0.141. The lowest BCUT2D eigenvalue weighted by atomic mass is 10.1. The van der Waals surface area contributed by atoms with E-state index in [-0.39, 0.29) is 16.9 Å². The fourth-order valence-corrected chi connectivity index (χ4v) is 3.99. The highest BCUT2D eigenvalue weighted by Crippen LogP contribution is 2.40. The first-order chi connectivity index (χ1) is 11.7. The van der Waals surface area contributed by atoms with Gasteiger partial charge in [0.05, 0.1) is 22.0 Å². The molecule has 0 aliphatic heterocycles. The average Bonchev–Trinajstić information content (AvgIpc) is 2.99. The Labute approximate surface area is 156 Å². The van der Waals surface area contributed by atoms with Crippen molar-refractivity contribution in [1.29, 1.82) is 0 Å². The molecule has 138 valence electrons. The predicted octanol–water partition coefficient (Wildman–Crippen LogP) is 4.59. The van der Waals surface area contributed by atoms with Crippen molar-refractivity contribution in [2.24, 2.45) is 5.92 Å². The molecule has 8 heteroatoms. The Kier molecular flexibility index (Phi) is 6.62. The zero-order valence-corrected chi connectivity index (χ0v) is 17.2. The lowest BCUT2D eigenvalue weighted by molar-refractivity contribution is 0.0862. The normalized spacial score (nSPS) is 13.2. The van der Waals surface area contributed by atoms with Gasteiger partial charge in [-0.15, -0.1) is 0 Å². The summed E-state index contributed by atoms with van der Waals surface area (Å²) in [6.07, 6.45) is 3.20. The second-order valence-corrected chi connectivity index (χ2v) is 9.84. The van der Waals surface area contributed by atoms with E-state index < -0.39 is 0 Å². The summed E-state index contributed by atoms with van der Waals surface area (Å²) in [6.45, 7) is 10.6. The molecule has 25 heavy (non-hydrogen) atoms. The molecule has 1 N–H and O–H groups in total. The van der Waals surface area contributed by atoms with Crippen LogP contribution in [0.15, 0.2) is 23.6 Å². The minimum atomic E-state index is -0.283. The van der Waals surface area contributed by atoms with E-state index in [2.05, 4.69) is 28.8 Å². The molecule has 0 aliphatic rings. The Balaban J connectivity index is 1.85. The Morgan fingerprint density at radius 1 is 1.40 bits per heavy atom. The van der Waals surface area contributed by atoms with E-state index in [1.165, 1.54) is 0 Å². The summed E-state index contributed by atoms with van der Waals surface area (Å²) in [5.41, 5.74) is 1.81. The SMILES string of the molecule is CC(C)C(C)N(C)C(=O)OCC(C)(C)SSc1nc2ccncc2[nH]1. The van der Waals surface area contributed by atoms with Gasteiger partial charge in [-0.05, 0) is 43.5 Å². The van der Waals surface area contributed by atoms with Crippen molar-refractivity contribution in [1.82, 2.24) is 19.9 Å².